The first-order valence-electron chi connectivity index (χ1n) is 6.62. The summed E-state index contributed by atoms with van der Waals surface area (Å²) in [6, 6.07) is -0.489. The van der Waals surface area contributed by atoms with Crippen LogP contribution in [0, 0.1) is 5.82 Å². The van der Waals surface area contributed by atoms with Crippen molar-refractivity contribution >= 4 is 18.1 Å². The summed E-state index contributed by atoms with van der Waals surface area (Å²) in [5.41, 5.74) is 9.39. The van der Waals surface area contributed by atoms with Gasteiger partial charge in [-0.3, -0.25) is 0 Å². The van der Waals surface area contributed by atoms with Crippen molar-refractivity contribution in [1.29, 1.82) is 0 Å². The first-order chi connectivity index (χ1) is 9.22. The number of halogens is 1. The van der Waals surface area contributed by atoms with Crippen LogP contribution in [0.1, 0.15) is 35.1 Å². The SMILES string of the molecule is NC=NC(=O)Nc1c2c(c(F)c3c1CCC3)CCC2. The van der Waals surface area contributed by atoms with E-state index in [-0.39, 0.29) is 5.82 Å². The molecular formula is C14H16FN3O. The number of carbonyl (C=O) groups is 1. The van der Waals surface area contributed by atoms with Crippen LogP contribution in [0.4, 0.5) is 14.9 Å². The van der Waals surface area contributed by atoms with E-state index in [9.17, 15) is 9.18 Å². The molecule has 0 saturated carbocycles. The van der Waals surface area contributed by atoms with Crippen molar-refractivity contribution < 1.29 is 9.18 Å². The molecule has 0 aromatic heterocycles. The third-order valence-electron chi connectivity index (χ3n) is 3.99. The van der Waals surface area contributed by atoms with Gasteiger partial charge in [-0.25, -0.2) is 9.18 Å². The van der Waals surface area contributed by atoms with Crippen molar-refractivity contribution in [3.63, 3.8) is 0 Å². The number of nitrogens with zero attached hydrogens (tertiary/aromatic N) is 1. The van der Waals surface area contributed by atoms with Crippen molar-refractivity contribution in [1.82, 2.24) is 0 Å². The van der Waals surface area contributed by atoms with E-state index < -0.39 is 6.03 Å². The van der Waals surface area contributed by atoms with Gasteiger partial charge in [0.2, 0.25) is 0 Å². The molecule has 0 radical (unpaired) electrons. The van der Waals surface area contributed by atoms with Crippen LogP contribution in [0.5, 0.6) is 0 Å². The molecular weight excluding hydrogens is 245 g/mol. The molecule has 0 aliphatic heterocycles. The normalized spacial score (nSPS) is 16.7. The summed E-state index contributed by atoms with van der Waals surface area (Å²) in [5.74, 6) is -0.0414. The van der Waals surface area contributed by atoms with Gasteiger partial charge in [0.15, 0.2) is 0 Å². The molecule has 2 aliphatic carbocycles. The zero-order valence-corrected chi connectivity index (χ0v) is 10.6. The number of anilines is 1. The Hall–Kier alpha value is -1.91. The monoisotopic (exact) mass is 261 g/mol. The first-order valence-corrected chi connectivity index (χ1v) is 6.62. The molecule has 100 valence electrons. The molecule has 4 nitrogen and oxygen atoms in total. The van der Waals surface area contributed by atoms with E-state index in [2.05, 4.69) is 10.3 Å². The molecule has 0 spiro atoms. The number of carbonyl (C=O) groups excluding carboxylic acids is 1. The van der Waals surface area contributed by atoms with Crippen molar-refractivity contribution in [3.05, 3.63) is 28.1 Å². The lowest BCUT2D eigenvalue weighted by Crippen LogP contribution is -2.13. The molecule has 0 saturated heterocycles. The standard InChI is InChI=1S/C14H16FN3O/c15-12-8-3-1-5-10(8)13(18-14(19)17-7-16)11-6-2-4-9(11)12/h7H,1-6H2,(H3,16,17,18,19). The fourth-order valence-corrected chi connectivity index (χ4v) is 3.25. The van der Waals surface area contributed by atoms with Crippen molar-refractivity contribution in [2.45, 2.75) is 38.5 Å². The van der Waals surface area contributed by atoms with Crippen LogP contribution in [0.3, 0.4) is 0 Å². The highest BCUT2D eigenvalue weighted by molar-refractivity contribution is 5.96. The molecule has 1 aromatic rings. The van der Waals surface area contributed by atoms with Gasteiger partial charge in [0, 0.05) is 5.69 Å². The van der Waals surface area contributed by atoms with Crippen LogP contribution < -0.4 is 11.1 Å². The summed E-state index contributed by atoms with van der Waals surface area (Å²) in [7, 11) is 0. The average molecular weight is 261 g/mol. The van der Waals surface area contributed by atoms with Crippen molar-refractivity contribution in [3.8, 4) is 0 Å². The van der Waals surface area contributed by atoms with E-state index in [1.165, 1.54) is 0 Å². The van der Waals surface area contributed by atoms with Crippen LogP contribution in [0.15, 0.2) is 4.99 Å². The van der Waals surface area contributed by atoms with Crippen LogP contribution >= 0.6 is 0 Å². The van der Waals surface area contributed by atoms with Crippen LogP contribution in [-0.4, -0.2) is 12.4 Å². The highest BCUT2D eigenvalue weighted by atomic mass is 19.1. The van der Waals surface area contributed by atoms with Gasteiger partial charge >= 0.3 is 6.03 Å². The number of fused-ring (bicyclic) bond motifs is 2. The van der Waals surface area contributed by atoms with Gasteiger partial charge in [-0.1, -0.05) is 0 Å². The summed E-state index contributed by atoms with van der Waals surface area (Å²) < 4.78 is 14.4. The Balaban J connectivity index is 2.11. The van der Waals surface area contributed by atoms with E-state index in [4.69, 9.17) is 5.73 Å². The molecule has 0 fully saturated rings. The van der Waals surface area contributed by atoms with Crippen molar-refractivity contribution in [2.24, 2.45) is 10.7 Å². The molecule has 0 atom stereocenters. The Morgan fingerprint density at radius 1 is 1.11 bits per heavy atom. The first kappa shape index (κ1) is 12.1. The molecule has 0 bridgehead atoms. The Bertz CT molecular complexity index is 546. The summed E-state index contributed by atoms with van der Waals surface area (Å²) in [4.78, 5) is 15.1. The number of amides is 2. The number of benzene rings is 1. The second-order valence-electron chi connectivity index (χ2n) is 5.02. The van der Waals surface area contributed by atoms with Crippen LogP contribution in [-0.2, 0) is 25.7 Å². The minimum atomic E-state index is -0.489. The zero-order valence-electron chi connectivity index (χ0n) is 10.6. The minimum Gasteiger partial charge on any atom is -0.390 e. The number of rotatable bonds is 1. The molecule has 1 aromatic carbocycles. The van der Waals surface area contributed by atoms with E-state index in [0.717, 1.165) is 72.8 Å². The van der Waals surface area contributed by atoms with Crippen molar-refractivity contribution in [2.75, 3.05) is 5.32 Å². The van der Waals surface area contributed by atoms with E-state index in [0.29, 0.717) is 0 Å². The maximum atomic E-state index is 14.4. The van der Waals surface area contributed by atoms with Gasteiger partial charge in [-0.05, 0) is 60.8 Å². The van der Waals surface area contributed by atoms with Crippen LogP contribution in [0.25, 0.3) is 0 Å². The predicted octanol–water partition coefficient (Wildman–Crippen LogP) is 2.32. The second kappa shape index (κ2) is 4.64. The third kappa shape index (κ3) is 1.89. The van der Waals surface area contributed by atoms with Gasteiger partial charge in [-0.15, -0.1) is 0 Å². The number of nitrogens with two attached hydrogens (primary N) is 1. The molecule has 2 aliphatic rings. The third-order valence-corrected chi connectivity index (χ3v) is 3.99. The lowest BCUT2D eigenvalue weighted by molar-refractivity contribution is 0.259. The van der Waals surface area contributed by atoms with E-state index >= 15 is 0 Å². The smallest absolute Gasteiger partial charge is 0.346 e. The number of hydrogen-bond donors (Lipinski definition) is 2. The molecule has 2 amide bonds. The summed E-state index contributed by atoms with van der Waals surface area (Å²) in [6.07, 6.45) is 6.02. The van der Waals surface area contributed by atoms with Gasteiger partial charge < -0.3 is 11.1 Å². The molecule has 3 N–H and O–H groups in total. The Morgan fingerprint density at radius 3 is 2.16 bits per heavy atom. The highest BCUT2D eigenvalue weighted by Crippen LogP contribution is 2.40. The molecule has 0 unspecified atom stereocenters. The lowest BCUT2D eigenvalue weighted by atomic mass is 9.98. The van der Waals surface area contributed by atoms with Gasteiger partial charge in [0.1, 0.15) is 5.82 Å². The second-order valence-corrected chi connectivity index (χ2v) is 5.02. The number of nitrogens with one attached hydrogen (secondary N) is 1. The fourth-order valence-electron chi connectivity index (χ4n) is 3.25. The Kier molecular flexibility index (Phi) is 2.97. The summed E-state index contributed by atoms with van der Waals surface area (Å²) >= 11 is 0. The van der Waals surface area contributed by atoms with Gasteiger partial charge in [0.25, 0.3) is 0 Å². The fraction of sp³-hybridized carbons (Fsp3) is 0.429. The largest absolute Gasteiger partial charge is 0.390 e. The lowest BCUT2D eigenvalue weighted by Gasteiger charge is -2.16. The minimum absolute atomic E-state index is 0.0414. The summed E-state index contributed by atoms with van der Waals surface area (Å²) in [5, 5.41) is 2.79. The van der Waals surface area contributed by atoms with Gasteiger partial charge in [0.05, 0.1) is 6.34 Å². The number of urea groups is 1. The van der Waals surface area contributed by atoms with E-state index in [1.807, 2.05) is 0 Å². The maximum Gasteiger partial charge on any atom is 0.346 e. The summed E-state index contributed by atoms with van der Waals surface area (Å²) in [6.45, 7) is 0. The molecule has 5 heteroatoms. The topological polar surface area (TPSA) is 67.5 Å². The number of hydrogen-bond acceptors (Lipinski definition) is 1. The predicted molar refractivity (Wildman–Crippen MR) is 72.1 cm³/mol. The highest BCUT2D eigenvalue weighted by Gasteiger charge is 2.29. The van der Waals surface area contributed by atoms with E-state index in [1.54, 1.807) is 0 Å². The average Bonchev–Trinajstić information content (AvgIpc) is 3.03. The van der Waals surface area contributed by atoms with Crippen LogP contribution in [0.2, 0.25) is 0 Å². The number of aliphatic imine (C=N–C) groups is 1. The Morgan fingerprint density at radius 2 is 1.63 bits per heavy atom. The zero-order chi connectivity index (χ0) is 13.4. The Labute approximate surface area is 110 Å². The maximum absolute atomic E-state index is 14.4. The molecule has 0 heterocycles. The quantitative estimate of drug-likeness (QED) is 0.601. The molecule has 3 rings (SSSR count). The molecule has 19 heavy (non-hydrogen) atoms. The van der Waals surface area contributed by atoms with Gasteiger partial charge in [-0.2, -0.15) is 4.99 Å².